The number of hydrogen-bond donors (Lipinski definition) is 0. The molecule has 2 spiro atoms. The summed E-state index contributed by atoms with van der Waals surface area (Å²) in [4.78, 5) is 11.8. The maximum atomic E-state index is 11.8. The van der Waals surface area contributed by atoms with Gasteiger partial charge in [0.1, 0.15) is 5.60 Å². The van der Waals surface area contributed by atoms with Gasteiger partial charge in [0.25, 0.3) is 0 Å². The van der Waals surface area contributed by atoms with Gasteiger partial charge in [-0.2, -0.15) is 0 Å². The first kappa shape index (κ1) is 10.4. The number of esters is 1. The van der Waals surface area contributed by atoms with E-state index in [2.05, 4.69) is 6.58 Å². The van der Waals surface area contributed by atoms with Crippen molar-refractivity contribution in [3.8, 4) is 0 Å². The SMILES string of the molecule is C=C1CCCCC12CC(=O)OC21CCCC1. The highest BCUT2D eigenvalue weighted by Crippen LogP contribution is 2.61. The molecule has 3 rings (SSSR count). The van der Waals surface area contributed by atoms with E-state index in [1.807, 2.05) is 0 Å². The van der Waals surface area contributed by atoms with Crippen LogP contribution >= 0.6 is 0 Å². The van der Waals surface area contributed by atoms with Crippen molar-refractivity contribution >= 4 is 5.97 Å². The van der Waals surface area contributed by atoms with Crippen molar-refractivity contribution in [2.45, 2.75) is 63.4 Å². The predicted octanol–water partition coefficient (Wildman–Crippen LogP) is 3.36. The molecule has 0 aromatic carbocycles. The number of fused-ring (bicyclic) bond motifs is 1. The molecule has 2 aliphatic carbocycles. The number of carbonyl (C=O) groups excluding carboxylic acids is 1. The first-order chi connectivity index (χ1) is 7.69. The Morgan fingerprint density at radius 1 is 1.06 bits per heavy atom. The van der Waals surface area contributed by atoms with Gasteiger partial charge in [0, 0.05) is 5.41 Å². The summed E-state index contributed by atoms with van der Waals surface area (Å²) in [6.07, 6.45) is 9.85. The molecule has 3 fully saturated rings. The van der Waals surface area contributed by atoms with Crippen molar-refractivity contribution < 1.29 is 9.53 Å². The number of carbonyl (C=O) groups is 1. The lowest BCUT2D eigenvalue weighted by molar-refractivity contribution is -0.150. The van der Waals surface area contributed by atoms with E-state index in [4.69, 9.17) is 4.74 Å². The van der Waals surface area contributed by atoms with Crippen LogP contribution in [0.4, 0.5) is 0 Å². The normalized spacial score (nSPS) is 37.2. The van der Waals surface area contributed by atoms with E-state index in [1.54, 1.807) is 0 Å². The molecule has 1 atom stereocenters. The summed E-state index contributed by atoms with van der Waals surface area (Å²) in [7, 11) is 0. The molecule has 2 saturated carbocycles. The first-order valence-corrected chi connectivity index (χ1v) is 6.59. The zero-order valence-electron chi connectivity index (χ0n) is 9.89. The third-order valence-corrected chi connectivity index (χ3v) is 5.05. The topological polar surface area (TPSA) is 26.3 Å². The average Bonchev–Trinajstić information content (AvgIpc) is 2.80. The molecule has 0 bridgehead atoms. The smallest absolute Gasteiger partial charge is 0.307 e. The first-order valence-electron chi connectivity index (χ1n) is 6.59. The summed E-state index contributed by atoms with van der Waals surface area (Å²) in [5.41, 5.74) is 1.16. The van der Waals surface area contributed by atoms with E-state index in [-0.39, 0.29) is 17.0 Å². The van der Waals surface area contributed by atoms with Gasteiger partial charge in [0.15, 0.2) is 0 Å². The second kappa shape index (κ2) is 3.35. The Hall–Kier alpha value is -0.790. The molecule has 1 heterocycles. The third kappa shape index (κ3) is 1.16. The van der Waals surface area contributed by atoms with Crippen molar-refractivity contribution in [2.24, 2.45) is 5.41 Å². The zero-order chi connectivity index (χ0) is 11.2. The van der Waals surface area contributed by atoms with Crippen LogP contribution in [0.15, 0.2) is 12.2 Å². The molecule has 16 heavy (non-hydrogen) atoms. The lowest BCUT2D eigenvalue weighted by atomic mass is 9.60. The zero-order valence-corrected chi connectivity index (χ0v) is 9.89. The maximum Gasteiger partial charge on any atom is 0.307 e. The molecule has 0 N–H and O–H groups in total. The van der Waals surface area contributed by atoms with Crippen LogP contribution < -0.4 is 0 Å². The van der Waals surface area contributed by atoms with Gasteiger partial charge in [-0.3, -0.25) is 4.79 Å². The second-order valence-electron chi connectivity index (χ2n) is 5.75. The van der Waals surface area contributed by atoms with Crippen LogP contribution in [0, 0.1) is 5.41 Å². The van der Waals surface area contributed by atoms with Crippen molar-refractivity contribution in [2.75, 3.05) is 0 Å². The Labute approximate surface area is 97.1 Å². The molecule has 1 unspecified atom stereocenters. The summed E-state index contributed by atoms with van der Waals surface area (Å²) < 4.78 is 5.77. The highest BCUT2D eigenvalue weighted by Gasteiger charge is 2.62. The van der Waals surface area contributed by atoms with E-state index < -0.39 is 0 Å². The molecule has 2 heteroatoms. The fraction of sp³-hybridized carbons (Fsp3) is 0.786. The molecule has 2 nitrogen and oxygen atoms in total. The van der Waals surface area contributed by atoms with E-state index >= 15 is 0 Å². The summed E-state index contributed by atoms with van der Waals surface area (Å²) in [5.74, 6) is 0.0185. The largest absolute Gasteiger partial charge is 0.458 e. The van der Waals surface area contributed by atoms with Crippen molar-refractivity contribution in [3.63, 3.8) is 0 Å². The standard InChI is InChI=1S/C14H20O2/c1-11-6-2-3-7-13(11)10-12(15)16-14(13)8-4-5-9-14/h1-10H2. The minimum Gasteiger partial charge on any atom is -0.458 e. The van der Waals surface area contributed by atoms with Crippen LogP contribution in [0.5, 0.6) is 0 Å². The van der Waals surface area contributed by atoms with Crippen LogP contribution in [-0.2, 0) is 9.53 Å². The van der Waals surface area contributed by atoms with Crippen LogP contribution in [-0.4, -0.2) is 11.6 Å². The van der Waals surface area contributed by atoms with Crippen molar-refractivity contribution in [1.82, 2.24) is 0 Å². The fourth-order valence-electron chi connectivity index (χ4n) is 4.23. The number of ether oxygens (including phenoxy) is 1. The van der Waals surface area contributed by atoms with Gasteiger partial charge in [-0.25, -0.2) is 0 Å². The highest BCUT2D eigenvalue weighted by atomic mass is 16.6. The Kier molecular flexibility index (Phi) is 2.17. The molecular formula is C14H20O2. The van der Waals surface area contributed by atoms with Gasteiger partial charge < -0.3 is 4.74 Å². The molecule has 0 aromatic heterocycles. The van der Waals surface area contributed by atoms with Crippen LogP contribution in [0.2, 0.25) is 0 Å². The summed E-state index contributed by atoms with van der Waals surface area (Å²) in [6.45, 7) is 4.27. The van der Waals surface area contributed by atoms with Gasteiger partial charge in [-0.1, -0.05) is 18.6 Å². The van der Waals surface area contributed by atoms with Gasteiger partial charge in [0.05, 0.1) is 6.42 Å². The number of hydrogen-bond acceptors (Lipinski definition) is 2. The molecule has 1 aliphatic heterocycles. The van der Waals surface area contributed by atoms with E-state index in [1.165, 1.54) is 31.3 Å². The third-order valence-electron chi connectivity index (χ3n) is 5.05. The van der Waals surface area contributed by atoms with E-state index in [9.17, 15) is 4.79 Å². The van der Waals surface area contributed by atoms with Crippen molar-refractivity contribution in [1.29, 1.82) is 0 Å². The molecule has 88 valence electrons. The lowest BCUT2D eigenvalue weighted by Crippen LogP contribution is -2.45. The molecule has 0 aromatic rings. The molecule has 0 radical (unpaired) electrons. The molecule has 3 aliphatic rings. The Morgan fingerprint density at radius 3 is 2.44 bits per heavy atom. The predicted molar refractivity (Wildman–Crippen MR) is 61.9 cm³/mol. The van der Waals surface area contributed by atoms with Crippen LogP contribution in [0.1, 0.15) is 57.8 Å². The van der Waals surface area contributed by atoms with Gasteiger partial charge in [-0.15, -0.1) is 0 Å². The molecule has 0 amide bonds. The van der Waals surface area contributed by atoms with Crippen LogP contribution in [0.25, 0.3) is 0 Å². The second-order valence-corrected chi connectivity index (χ2v) is 5.75. The highest BCUT2D eigenvalue weighted by molar-refractivity contribution is 5.75. The average molecular weight is 220 g/mol. The quantitative estimate of drug-likeness (QED) is 0.462. The van der Waals surface area contributed by atoms with Crippen LogP contribution in [0.3, 0.4) is 0 Å². The fourth-order valence-corrected chi connectivity index (χ4v) is 4.23. The Morgan fingerprint density at radius 2 is 1.75 bits per heavy atom. The van der Waals surface area contributed by atoms with E-state index in [0.717, 1.165) is 25.7 Å². The summed E-state index contributed by atoms with van der Waals surface area (Å²) >= 11 is 0. The summed E-state index contributed by atoms with van der Waals surface area (Å²) in [6, 6.07) is 0. The van der Waals surface area contributed by atoms with Gasteiger partial charge >= 0.3 is 5.97 Å². The minimum atomic E-state index is -0.151. The minimum absolute atomic E-state index is 0.0127. The molecule has 1 saturated heterocycles. The summed E-state index contributed by atoms with van der Waals surface area (Å²) in [5, 5.41) is 0. The monoisotopic (exact) mass is 220 g/mol. The Bertz CT molecular complexity index is 339. The maximum absolute atomic E-state index is 11.8. The van der Waals surface area contributed by atoms with Gasteiger partial charge in [0.2, 0.25) is 0 Å². The molecular weight excluding hydrogens is 200 g/mol. The number of rotatable bonds is 0. The lowest BCUT2D eigenvalue weighted by Gasteiger charge is -2.45. The van der Waals surface area contributed by atoms with Crippen molar-refractivity contribution in [3.05, 3.63) is 12.2 Å². The van der Waals surface area contributed by atoms with E-state index in [0.29, 0.717) is 6.42 Å². The Balaban J connectivity index is 2.02. The van der Waals surface area contributed by atoms with Gasteiger partial charge in [-0.05, 0) is 44.9 Å².